The Balaban J connectivity index is 1.36. The third kappa shape index (κ3) is 5.97. The van der Waals surface area contributed by atoms with E-state index < -0.39 is 15.9 Å². The molecule has 10 heteroatoms. The van der Waals surface area contributed by atoms with Crippen LogP contribution in [0.3, 0.4) is 0 Å². The Morgan fingerprint density at radius 3 is 2.43 bits per heavy atom. The Morgan fingerprint density at radius 1 is 1.06 bits per heavy atom. The van der Waals surface area contributed by atoms with Gasteiger partial charge in [-0.3, -0.25) is 9.59 Å². The fraction of sp³-hybridized carbons (Fsp3) is 0.440. The van der Waals surface area contributed by atoms with E-state index in [-0.39, 0.29) is 28.3 Å². The van der Waals surface area contributed by atoms with Gasteiger partial charge in [-0.05, 0) is 61.6 Å². The van der Waals surface area contributed by atoms with Gasteiger partial charge in [-0.2, -0.15) is 4.31 Å². The minimum Gasteiger partial charge on any atom is -0.495 e. The maximum absolute atomic E-state index is 13.2. The molecule has 2 aliphatic rings. The number of benzene rings is 2. The number of sulfonamides is 1. The normalized spacial score (nSPS) is 18.9. The fourth-order valence-corrected chi connectivity index (χ4v) is 6.41. The van der Waals surface area contributed by atoms with Crippen LogP contribution in [0, 0.1) is 5.92 Å². The maximum atomic E-state index is 13.2. The number of nitrogens with zero attached hydrogens (tertiary/aromatic N) is 2. The van der Waals surface area contributed by atoms with Gasteiger partial charge < -0.3 is 15.0 Å². The van der Waals surface area contributed by atoms with Crippen molar-refractivity contribution in [3.8, 4) is 5.75 Å². The van der Waals surface area contributed by atoms with E-state index in [1.54, 1.807) is 12.1 Å². The highest BCUT2D eigenvalue weighted by molar-refractivity contribution is 7.89. The molecule has 1 unspecified atom stereocenters. The van der Waals surface area contributed by atoms with Crippen LogP contribution in [-0.2, 0) is 26.0 Å². The smallest absolute Gasteiger partial charge is 0.243 e. The van der Waals surface area contributed by atoms with E-state index in [9.17, 15) is 18.0 Å². The molecule has 2 amide bonds. The maximum Gasteiger partial charge on any atom is 0.243 e. The molecule has 2 aromatic rings. The van der Waals surface area contributed by atoms with Gasteiger partial charge in [-0.15, -0.1) is 0 Å². The lowest BCUT2D eigenvalue weighted by atomic mass is 9.98. The van der Waals surface area contributed by atoms with E-state index in [4.69, 9.17) is 16.3 Å². The molecule has 0 spiro atoms. The molecule has 1 N–H and O–H groups in total. The second kappa shape index (κ2) is 11.0. The Kier molecular flexibility index (Phi) is 7.98. The number of likely N-dealkylation sites (tertiary alicyclic amines) is 1. The number of anilines is 1. The summed E-state index contributed by atoms with van der Waals surface area (Å²) in [6, 6.07) is 11.6. The molecule has 0 bridgehead atoms. The van der Waals surface area contributed by atoms with Crippen LogP contribution in [0.5, 0.6) is 5.75 Å². The highest BCUT2D eigenvalue weighted by atomic mass is 35.5. The first-order valence-corrected chi connectivity index (χ1v) is 13.6. The third-order valence-electron chi connectivity index (χ3n) is 6.55. The van der Waals surface area contributed by atoms with Crippen molar-refractivity contribution in [3.05, 3.63) is 53.1 Å². The summed E-state index contributed by atoms with van der Waals surface area (Å²) in [4.78, 5) is 27.2. The Hall–Kier alpha value is -2.62. The zero-order valence-electron chi connectivity index (χ0n) is 19.7. The molecule has 1 atom stereocenters. The summed E-state index contributed by atoms with van der Waals surface area (Å²) < 4.78 is 32.7. The minimum atomic E-state index is -3.80. The molecule has 4 rings (SSSR count). The van der Waals surface area contributed by atoms with Crippen molar-refractivity contribution in [2.45, 2.75) is 37.0 Å². The molecule has 0 aromatic heterocycles. The summed E-state index contributed by atoms with van der Waals surface area (Å²) in [6.45, 7) is 2.09. The molecule has 0 saturated carbocycles. The van der Waals surface area contributed by atoms with Crippen molar-refractivity contribution >= 4 is 39.1 Å². The fourth-order valence-electron chi connectivity index (χ4n) is 4.53. The molecule has 35 heavy (non-hydrogen) atoms. The van der Waals surface area contributed by atoms with Gasteiger partial charge in [0.15, 0.2) is 0 Å². The topological polar surface area (TPSA) is 96.0 Å². The van der Waals surface area contributed by atoms with E-state index in [0.717, 1.165) is 31.5 Å². The van der Waals surface area contributed by atoms with Gasteiger partial charge >= 0.3 is 0 Å². The second-order valence-corrected chi connectivity index (χ2v) is 11.3. The summed E-state index contributed by atoms with van der Waals surface area (Å²) in [6.07, 6.45) is 3.65. The summed E-state index contributed by atoms with van der Waals surface area (Å²) in [7, 11) is -2.33. The van der Waals surface area contributed by atoms with Crippen LogP contribution in [-0.4, -0.2) is 62.7 Å². The van der Waals surface area contributed by atoms with Crippen molar-refractivity contribution in [1.29, 1.82) is 0 Å². The van der Waals surface area contributed by atoms with E-state index in [1.807, 2.05) is 17.0 Å². The molecule has 2 aromatic carbocycles. The Labute approximate surface area is 211 Å². The van der Waals surface area contributed by atoms with Crippen molar-refractivity contribution < 1.29 is 22.7 Å². The van der Waals surface area contributed by atoms with Crippen LogP contribution in [0.4, 0.5) is 5.69 Å². The van der Waals surface area contributed by atoms with Crippen LogP contribution in [0.1, 0.15) is 31.2 Å². The average Bonchev–Trinajstić information content (AvgIpc) is 3.40. The quantitative estimate of drug-likeness (QED) is 0.603. The predicted octanol–water partition coefficient (Wildman–Crippen LogP) is 3.55. The summed E-state index contributed by atoms with van der Waals surface area (Å²) in [5.74, 6) is -0.170. The molecule has 0 radical (unpaired) electrons. The second-order valence-electron chi connectivity index (χ2n) is 8.95. The lowest BCUT2D eigenvalue weighted by Gasteiger charge is -2.31. The van der Waals surface area contributed by atoms with Gasteiger partial charge in [0.05, 0.1) is 29.4 Å². The average molecular weight is 520 g/mol. The van der Waals surface area contributed by atoms with Gasteiger partial charge in [0.2, 0.25) is 21.8 Å². The SMILES string of the molecule is COc1ccc(S(=O)(=O)N2CCCC(C(=O)Nc3ccc(CC(=O)N4CCCC4)cc3)C2)cc1Cl. The number of amides is 2. The van der Waals surface area contributed by atoms with Gasteiger partial charge in [-0.1, -0.05) is 23.7 Å². The Morgan fingerprint density at radius 2 is 1.77 bits per heavy atom. The van der Waals surface area contributed by atoms with Gasteiger partial charge in [-0.25, -0.2) is 8.42 Å². The lowest BCUT2D eigenvalue weighted by Crippen LogP contribution is -2.43. The number of carbonyl (C=O) groups excluding carboxylic acids is 2. The van der Waals surface area contributed by atoms with Crippen molar-refractivity contribution in [3.63, 3.8) is 0 Å². The molecule has 2 aliphatic heterocycles. The van der Waals surface area contributed by atoms with Crippen molar-refractivity contribution in [1.82, 2.24) is 9.21 Å². The van der Waals surface area contributed by atoms with Crippen LogP contribution in [0.25, 0.3) is 0 Å². The number of piperidine rings is 1. The molecule has 8 nitrogen and oxygen atoms in total. The van der Waals surface area contributed by atoms with E-state index >= 15 is 0 Å². The first-order chi connectivity index (χ1) is 16.8. The highest BCUT2D eigenvalue weighted by Crippen LogP contribution is 2.30. The number of hydrogen-bond donors (Lipinski definition) is 1. The van der Waals surface area contributed by atoms with Gasteiger partial charge in [0.25, 0.3) is 0 Å². The molecule has 0 aliphatic carbocycles. The largest absolute Gasteiger partial charge is 0.495 e. The van der Waals surface area contributed by atoms with E-state index in [2.05, 4.69) is 5.32 Å². The van der Waals surface area contributed by atoms with Crippen molar-refractivity contribution in [2.24, 2.45) is 5.92 Å². The summed E-state index contributed by atoms with van der Waals surface area (Å²) in [5, 5.41) is 3.10. The summed E-state index contributed by atoms with van der Waals surface area (Å²) in [5.41, 5.74) is 1.52. The third-order valence-corrected chi connectivity index (χ3v) is 8.71. The van der Waals surface area contributed by atoms with Crippen molar-refractivity contribution in [2.75, 3.05) is 38.6 Å². The van der Waals surface area contributed by atoms with Gasteiger partial charge in [0, 0.05) is 31.9 Å². The van der Waals surface area contributed by atoms with Crippen LogP contribution < -0.4 is 10.1 Å². The Bertz CT molecular complexity index is 1180. The summed E-state index contributed by atoms with van der Waals surface area (Å²) >= 11 is 6.12. The number of methoxy groups -OCH3 is 1. The number of rotatable bonds is 7. The predicted molar refractivity (Wildman–Crippen MR) is 134 cm³/mol. The van der Waals surface area contributed by atoms with E-state index in [1.165, 1.54) is 29.6 Å². The highest BCUT2D eigenvalue weighted by Gasteiger charge is 2.33. The molecule has 2 heterocycles. The molecule has 188 valence electrons. The minimum absolute atomic E-state index is 0.0726. The first kappa shape index (κ1) is 25.5. The number of halogens is 1. The molecular formula is C25H30ClN3O5S. The first-order valence-electron chi connectivity index (χ1n) is 11.8. The van der Waals surface area contributed by atoms with Crippen LogP contribution in [0.2, 0.25) is 5.02 Å². The monoisotopic (exact) mass is 519 g/mol. The lowest BCUT2D eigenvalue weighted by molar-refractivity contribution is -0.129. The standard InChI is InChI=1S/C25H30ClN3O5S/c1-34-23-11-10-21(16-22(23)26)35(32,33)29-14-4-5-19(17-29)25(31)27-20-8-6-18(7-9-20)15-24(30)28-12-2-3-13-28/h6-11,16,19H,2-5,12-15,17H2,1H3,(H,27,31). The van der Waals surface area contributed by atoms with Gasteiger partial charge in [0.1, 0.15) is 5.75 Å². The number of nitrogens with one attached hydrogen (secondary N) is 1. The zero-order chi connectivity index (χ0) is 25.0. The molecular weight excluding hydrogens is 490 g/mol. The van der Waals surface area contributed by atoms with Crippen LogP contribution in [0.15, 0.2) is 47.4 Å². The number of carbonyl (C=O) groups is 2. The van der Waals surface area contributed by atoms with E-state index in [0.29, 0.717) is 37.2 Å². The van der Waals surface area contributed by atoms with Crippen LogP contribution >= 0.6 is 11.6 Å². The molecule has 2 saturated heterocycles. The molecule has 2 fully saturated rings. The zero-order valence-corrected chi connectivity index (χ0v) is 21.3. The number of hydrogen-bond acceptors (Lipinski definition) is 5. The number of ether oxygens (including phenoxy) is 1.